The molecule has 5 heteroatoms. The zero-order chi connectivity index (χ0) is 17.6. The van der Waals surface area contributed by atoms with Crippen LogP contribution >= 0.6 is 11.6 Å². The van der Waals surface area contributed by atoms with E-state index in [4.69, 9.17) is 16.3 Å². The molecular weight excluding hydrogens is 312 g/mol. The van der Waals surface area contributed by atoms with Crippen LogP contribution < -0.4 is 10.6 Å². The first-order valence-electron chi connectivity index (χ1n) is 8.04. The smallest absolute Gasteiger partial charge is 0.407 e. The van der Waals surface area contributed by atoms with Gasteiger partial charge in [0.05, 0.1) is 0 Å². The fourth-order valence-electron chi connectivity index (χ4n) is 2.15. The van der Waals surface area contributed by atoms with Crippen LogP contribution in [0.2, 0.25) is 5.02 Å². The molecule has 0 saturated heterocycles. The maximum absolute atomic E-state index is 11.8. The molecular formula is C18H29ClN2O2. The summed E-state index contributed by atoms with van der Waals surface area (Å²) < 4.78 is 5.27. The van der Waals surface area contributed by atoms with E-state index in [1.54, 1.807) is 0 Å². The first kappa shape index (κ1) is 19.8. The molecule has 1 rings (SSSR count). The van der Waals surface area contributed by atoms with E-state index < -0.39 is 5.60 Å². The van der Waals surface area contributed by atoms with Crippen molar-refractivity contribution in [1.29, 1.82) is 0 Å². The van der Waals surface area contributed by atoms with Crippen LogP contribution in [0, 0.1) is 12.8 Å². The highest BCUT2D eigenvalue weighted by Crippen LogP contribution is 2.15. The number of nitrogens with one attached hydrogen (secondary N) is 2. The Morgan fingerprint density at radius 2 is 1.96 bits per heavy atom. The van der Waals surface area contributed by atoms with E-state index in [0.29, 0.717) is 12.5 Å². The van der Waals surface area contributed by atoms with Crippen molar-refractivity contribution in [3.05, 3.63) is 34.3 Å². The number of carbonyl (C=O) groups is 1. The van der Waals surface area contributed by atoms with Crippen molar-refractivity contribution in [2.75, 3.05) is 6.54 Å². The average Bonchev–Trinajstić information content (AvgIpc) is 2.38. The number of halogens is 1. The number of hydrogen-bond donors (Lipinski definition) is 2. The predicted octanol–water partition coefficient (Wildman–Crippen LogP) is 4.29. The van der Waals surface area contributed by atoms with E-state index in [2.05, 4.69) is 24.5 Å². The quantitative estimate of drug-likeness (QED) is 0.812. The van der Waals surface area contributed by atoms with Gasteiger partial charge in [0.25, 0.3) is 0 Å². The lowest BCUT2D eigenvalue weighted by Gasteiger charge is -2.25. The minimum atomic E-state index is -0.481. The summed E-state index contributed by atoms with van der Waals surface area (Å²) >= 11 is 5.99. The Morgan fingerprint density at radius 1 is 1.30 bits per heavy atom. The van der Waals surface area contributed by atoms with Crippen molar-refractivity contribution in [3.8, 4) is 0 Å². The summed E-state index contributed by atoms with van der Waals surface area (Å²) in [5, 5.41) is 7.08. The normalized spacial score (nSPS) is 13.0. The molecule has 1 amide bonds. The number of ether oxygens (including phenoxy) is 1. The molecule has 0 bridgehead atoms. The van der Waals surface area contributed by atoms with Gasteiger partial charge in [0.2, 0.25) is 0 Å². The van der Waals surface area contributed by atoms with Gasteiger partial charge in [-0.1, -0.05) is 31.5 Å². The third kappa shape index (κ3) is 7.71. The third-order valence-corrected chi connectivity index (χ3v) is 3.76. The van der Waals surface area contributed by atoms with Crippen LogP contribution in [0.4, 0.5) is 4.79 Å². The van der Waals surface area contributed by atoms with Gasteiger partial charge in [-0.15, -0.1) is 0 Å². The second-order valence-corrected chi connectivity index (χ2v) is 7.62. The van der Waals surface area contributed by atoms with Crippen LogP contribution in [0.15, 0.2) is 18.2 Å². The average molecular weight is 341 g/mol. The molecule has 0 aromatic heterocycles. The highest BCUT2D eigenvalue weighted by Gasteiger charge is 2.19. The molecule has 0 aliphatic heterocycles. The fraction of sp³-hybridized carbons (Fsp3) is 0.611. The predicted molar refractivity (Wildman–Crippen MR) is 95.9 cm³/mol. The molecule has 4 nitrogen and oxygen atoms in total. The van der Waals surface area contributed by atoms with Crippen LogP contribution in [-0.4, -0.2) is 24.3 Å². The van der Waals surface area contributed by atoms with Gasteiger partial charge in [-0.3, -0.25) is 0 Å². The molecule has 1 aromatic carbocycles. The van der Waals surface area contributed by atoms with Crippen LogP contribution in [0.1, 0.15) is 45.7 Å². The van der Waals surface area contributed by atoms with Gasteiger partial charge in [-0.2, -0.15) is 0 Å². The molecule has 0 saturated carbocycles. The number of aryl methyl sites for hydroxylation is 1. The lowest BCUT2D eigenvalue weighted by atomic mass is 10.0. The van der Waals surface area contributed by atoms with E-state index in [1.807, 2.05) is 45.9 Å². The molecule has 23 heavy (non-hydrogen) atoms. The van der Waals surface area contributed by atoms with Gasteiger partial charge in [-0.25, -0.2) is 4.79 Å². The third-order valence-electron chi connectivity index (χ3n) is 3.53. The fourth-order valence-corrected chi connectivity index (χ4v) is 2.38. The van der Waals surface area contributed by atoms with Gasteiger partial charge >= 0.3 is 6.09 Å². The topological polar surface area (TPSA) is 50.4 Å². The summed E-state index contributed by atoms with van der Waals surface area (Å²) in [5.41, 5.74) is 1.88. The van der Waals surface area contributed by atoms with Crippen molar-refractivity contribution in [2.45, 2.75) is 59.7 Å². The van der Waals surface area contributed by atoms with E-state index in [1.165, 1.54) is 5.56 Å². The molecule has 1 unspecified atom stereocenters. The van der Waals surface area contributed by atoms with Crippen molar-refractivity contribution in [3.63, 3.8) is 0 Å². The van der Waals surface area contributed by atoms with Crippen molar-refractivity contribution in [2.24, 2.45) is 5.92 Å². The molecule has 0 fully saturated rings. The lowest BCUT2D eigenvalue weighted by Crippen LogP contribution is -2.45. The van der Waals surface area contributed by atoms with Crippen LogP contribution in [0.5, 0.6) is 0 Å². The first-order chi connectivity index (χ1) is 10.6. The van der Waals surface area contributed by atoms with Gasteiger partial charge in [0, 0.05) is 24.2 Å². The van der Waals surface area contributed by atoms with Crippen LogP contribution in [0.3, 0.4) is 0 Å². The molecule has 1 atom stereocenters. The number of hydrogen-bond acceptors (Lipinski definition) is 3. The van der Waals surface area contributed by atoms with E-state index >= 15 is 0 Å². The van der Waals surface area contributed by atoms with Crippen molar-refractivity contribution >= 4 is 17.7 Å². The highest BCUT2D eigenvalue weighted by molar-refractivity contribution is 6.30. The molecule has 2 N–H and O–H groups in total. The zero-order valence-corrected chi connectivity index (χ0v) is 15.8. The first-order valence-corrected chi connectivity index (χ1v) is 8.41. The SMILES string of the molecule is Cc1cc(Cl)ccc1CNC(CNC(=O)OC(C)(C)C)C(C)C. The van der Waals surface area contributed by atoms with Crippen LogP contribution in [0.25, 0.3) is 0 Å². The number of alkyl carbamates (subject to hydrolysis) is 1. The Balaban J connectivity index is 2.54. The second kappa shape index (κ2) is 8.55. The summed E-state index contributed by atoms with van der Waals surface area (Å²) in [6, 6.07) is 6.05. The standard InChI is InChI=1S/C18H29ClN2O2/c1-12(2)16(11-21-17(22)23-18(4,5)6)20-10-14-7-8-15(19)9-13(14)3/h7-9,12,16,20H,10-11H2,1-6H3,(H,21,22). The molecule has 0 radical (unpaired) electrons. The molecule has 130 valence electrons. The minimum absolute atomic E-state index is 0.164. The summed E-state index contributed by atoms with van der Waals surface area (Å²) in [7, 11) is 0. The van der Waals surface area contributed by atoms with E-state index in [9.17, 15) is 4.79 Å². The highest BCUT2D eigenvalue weighted by atomic mass is 35.5. The Hall–Kier alpha value is -1.26. The molecule has 0 spiro atoms. The number of amides is 1. The summed E-state index contributed by atoms with van der Waals surface area (Å²) in [5.74, 6) is 0.387. The summed E-state index contributed by atoms with van der Waals surface area (Å²) in [6.07, 6.45) is -0.382. The van der Waals surface area contributed by atoms with Crippen molar-refractivity contribution in [1.82, 2.24) is 10.6 Å². The maximum Gasteiger partial charge on any atom is 0.407 e. The molecule has 1 aromatic rings. The summed E-state index contributed by atoms with van der Waals surface area (Å²) in [6.45, 7) is 13.1. The van der Waals surface area contributed by atoms with Gasteiger partial charge < -0.3 is 15.4 Å². The number of rotatable bonds is 6. The Morgan fingerprint density at radius 3 is 2.48 bits per heavy atom. The Labute approximate surface area is 144 Å². The molecule has 0 heterocycles. The molecule has 0 aliphatic rings. The van der Waals surface area contributed by atoms with Gasteiger partial charge in [0.15, 0.2) is 0 Å². The maximum atomic E-state index is 11.8. The van der Waals surface area contributed by atoms with Crippen molar-refractivity contribution < 1.29 is 9.53 Å². The minimum Gasteiger partial charge on any atom is -0.444 e. The lowest BCUT2D eigenvalue weighted by molar-refractivity contribution is 0.0519. The number of benzene rings is 1. The second-order valence-electron chi connectivity index (χ2n) is 7.19. The van der Waals surface area contributed by atoms with E-state index in [0.717, 1.165) is 17.1 Å². The largest absolute Gasteiger partial charge is 0.444 e. The Bertz CT molecular complexity index is 524. The monoisotopic (exact) mass is 340 g/mol. The zero-order valence-electron chi connectivity index (χ0n) is 15.0. The summed E-state index contributed by atoms with van der Waals surface area (Å²) in [4.78, 5) is 11.8. The van der Waals surface area contributed by atoms with Gasteiger partial charge in [0.1, 0.15) is 5.60 Å². The molecule has 0 aliphatic carbocycles. The Kier molecular flexibility index (Phi) is 7.36. The van der Waals surface area contributed by atoms with Gasteiger partial charge in [-0.05, 0) is 56.9 Å². The van der Waals surface area contributed by atoms with E-state index in [-0.39, 0.29) is 12.1 Å². The number of carbonyl (C=O) groups excluding carboxylic acids is 1. The van der Waals surface area contributed by atoms with Crippen LogP contribution in [-0.2, 0) is 11.3 Å².